The second kappa shape index (κ2) is 7.42. The summed E-state index contributed by atoms with van der Waals surface area (Å²) in [6, 6.07) is 0. The Morgan fingerprint density at radius 3 is 2.43 bits per heavy atom. The van der Waals surface area contributed by atoms with Gasteiger partial charge in [0.15, 0.2) is 0 Å². The van der Waals surface area contributed by atoms with Crippen LogP contribution in [0.3, 0.4) is 0 Å². The van der Waals surface area contributed by atoms with E-state index in [-0.39, 0.29) is 41.2 Å². The Balaban J connectivity index is 0. The molecular formula is C7H12NNaO4S. The standard InChI is InChI=1S/C7H13NO4S.Na/c1-4-7(9)8-12-13(10,11)5-6(2)3;/h4,6H,1,5H2,2-3H3,(H,8,9);/q;+1/p-1. The van der Waals surface area contributed by atoms with E-state index >= 15 is 0 Å². The summed E-state index contributed by atoms with van der Waals surface area (Å²) in [4.78, 5) is 10.5. The van der Waals surface area contributed by atoms with Crippen LogP contribution in [0.5, 0.6) is 0 Å². The van der Waals surface area contributed by atoms with Gasteiger partial charge in [0.2, 0.25) is 0 Å². The van der Waals surface area contributed by atoms with Crippen LogP contribution in [-0.4, -0.2) is 20.1 Å². The van der Waals surface area contributed by atoms with Crippen molar-refractivity contribution in [2.24, 2.45) is 5.92 Å². The van der Waals surface area contributed by atoms with E-state index in [1.165, 1.54) is 0 Å². The zero-order valence-electron chi connectivity index (χ0n) is 8.56. The SMILES string of the molecule is C=CC(=O)[N-]OS(=O)(=O)CC(C)C.[Na+]. The van der Waals surface area contributed by atoms with E-state index < -0.39 is 16.0 Å². The van der Waals surface area contributed by atoms with Gasteiger partial charge < -0.3 is 14.6 Å². The molecule has 76 valence electrons. The third-order valence-electron chi connectivity index (χ3n) is 0.953. The first-order valence-corrected chi connectivity index (χ1v) is 5.24. The zero-order valence-corrected chi connectivity index (χ0v) is 11.4. The predicted molar refractivity (Wildman–Crippen MR) is 48.3 cm³/mol. The van der Waals surface area contributed by atoms with Gasteiger partial charge in [0, 0.05) is 0 Å². The Labute approximate surface area is 106 Å². The van der Waals surface area contributed by atoms with Crippen LogP contribution in [-0.2, 0) is 19.2 Å². The minimum Gasteiger partial charge on any atom is -0.510 e. The number of carbonyl (C=O) groups excluding carboxylic acids is 1. The van der Waals surface area contributed by atoms with Gasteiger partial charge in [0.25, 0.3) is 10.1 Å². The Kier molecular flexibility index (Phi) is 8.77. The van der Waals surface area contributed by atoms with Gasteiger partial charge in [-0.3, -0.25) is 0 Å². The molecule has 5 nitrogen and oxygen atoms in total. The van der Waals surface area contributed by atoms with Gasteiger partial charge in [-0.2, -0.15) is 0 Å². The summed E-state index contributed by atoms with van der Waals surface area (Å²) in [5, 5.41) is 0. The predicted octanol–water partition coefficient (Wildman–Crippen LogP) is -2.01. The maximum atomic E-state index is 11.0. The van der Waals surface area contributed by atoms with Crippen molar-refractivity contribution < 1.29 is 47.1 Å². The molecule has 0 atom stereocenters. The van der Waals surface area contributed by atoms with Crippen LogP contribution in [0.4, 0.5) is 0 Å². The molecule has 0 aliphatic heterocycles. The average molecular weight is 229 g/mol. The fraction of sp³-hybridized carbons (Fsp3) is 0.571. The van der Waals surface area contributed by atoms with Crippen molar-refractivity contribution in [3.63, 3.8) is 0 Å². The second-order valence-corrected chi connectivity index (χ2v) is 4.42. The summed E-state index contributed by atoms with van der Waals surface area (Å²) in [6.07, 6.45) is 0.866. The number of nitrogens with zero attached hydrogens (tertiary/aromatic N) is 1. The zero-order chi connectivity index (χ0) is 10.5. The molecule has 0 aromatic heterocycles. The molecule has 14 heavy (non-hydrogen) atoms. The van der Waals surface area contributed by atoms with Crippen LogP contribution < -0.4 is 29.6 Å². The van der Waals surface area contributed by atoms with Crippen molar-refractivity contribution in [1.29, 1.82) is 0 Å². The Bertz CT molecular complexity index is 286. The van der Waals surface area contributed by atoms with Crippen molar-refractivity contribution in [2.75, 3.05) is 5.75 Å². The molecule has 0 aliphatic rings. The summed E-state index contributed by atoms with van der Waals surface area (Å²) in [5.74, 6) is -1.05. The number of hydrogen-bond acceptors (Lipinski definition) is 4. The van der Waals surface area contributed by atoms with Gasteiger partial charge in [0.05, 0.1) is 11.7 Å². The van der Waals surface area contributed by atoms with E-state index in [9.17, 15) is 13.2 Å². The van der Waals surface area contributed by atoms with Crippen molar-refractivity contribution >= 4 is 16.0 Å². The van der Waals surface area contributed by atoms with Gasteiger partial charge in [-0.1, -0.05) is 20.4 Å². The molecule has 0 radical (unpaired) electrons. The molecule has 0 N–H and O–H groups in total. The minimum atomic E-state index is -3.72. The molecule has 0 bridgehead atoms. The number of hydroxylamine groups is 1. The van der Waals surface area contributed by atoms with E-state index in [2.05, 4.69) is 16.3 Å². The van der Waals surface area contributed by atoms with Crippen molar-refractivity contribution in [3.8, 4) is 0 Å². The molecule has 0 saturated carbocycles. The molecule has 0 aliphatic carbocycles. The fourth-order valence-electron chi connectivity index (χ4n) is 0.569. The maximum absolute atomic E-state index is 11.0. The summed E-state index contributed by atoms with van der Waals surface area (Å²) in [6.45, 7) is 6.54. The molecule has 0 unspecified atom stereocenters. The molecule has 0 fully saturated rings. The van der Waals surface area contributed by atoms with Crippen LogP contribution in [0, 0.1) is 5.92 Å². The van der Waals surface area contributed by atoms with E-state index in [1.807, 2.05) is 0 Å². The Hall–Kier alpha value is 0.120. The molecular weight excluding hydrogens is 217 g/mol. The van der Waals surface area contributed by atoms with Crippen LogP contribution >= 0.6 is 0 Å². The third kappa shape index (κ3) is 8.71. The van der Waals surface area contributed by atoms with Gasteiger partial charge in [-0.15, -0.1) is 0 Å². The van der Waals surface area contributed by atoms with Crippen LogP contribution in [0.15, 0.2) is 12.7 Å². The van der Waals surface area contributed by atoms with Crippen LogP contribution in [0.1, 0.15) is 13.8 Å². The normalized spacial score (nSPS) is 10.5. The first-order chi connectivity index (χ1) is 5.87. The number of amides is 1. The van der Waals surface area contributed by atoms with Crippen molar-refractivity contribution in [3.05, 3.63) is 18.1 Å². The molecule has 0 heterocycles. The summed E-state index contributed by atoms with van der Waals surface area (Å²) < 4.78 is 26.0. The summed E-state index contributed by atoms with van der Waals surface area (Å²) >= 11 is 0. The smallest absolute Gasteiger partial charge is 0.510 e. The van der Waals surface area contributed by atoms with Crippen LogP contribution in [0.2, 0.25) is 0 Å². The summed E-state index contributed by atoms with van der Waals surface area (Å²) in [7, 11) is -3.72. The number of hydrogen-bond donors (Lipinski definition) is 0. The largest absolute Gasteiger partial charge is 1.00 e. The van der Waals surface area contributed by atoms with Crippen molar-refractivity contribution in [1.82, 2.24) is 0 Å². The topological polar surface area (TPSA) is 74.5 Å². The summed E-state index contributed by atoms with van der Waals surface area (Å²) in [5.41, 5.74) is 2.82. The quantitative estimate of drug-likeness (QED) is 0.310. The van der Waals surface area contributed by atoms with E-state index in [4.69, 9.17) is 0 Å². The monoisotopic (exact) mass is 229 g/mol. The van der Waals surface area contributed by atoms with Gasteiger partial charge >= 0.3 is 29.6 Å². The van der Waals surface area contributed by atoms with Crippen molar-refractivity contribution in [2.45, 2.75) is 13.8 Å². The molecule has 0 spiro atoms. The van der Waals surface area contributed by atoms with Gasteiger partial charge in [-0.05, 0) is 12.0 Å². The number of carbonyl (C=O) groups is 1. The first-order valence-electron chi connectivity index (χ1n) is 3.66. The second-order valence-electron chi connectivity index (χ2n) is 2.83. The van der Waals surface area contributed by atoms with Gasteiger partial charge in [0.1, 0.15) is 0 Å². The van der Waals surface area contributed by atoms with E-state index in [0.717, 1.165) is 6.08 Å². The molecule has 1 amide bonds. The molecule has 0 aromatic carbocycles. The molecule has 0 saturated heterocycles. The molecule has 0 rings (SSSR count). The maximum Gasteiger partial charge on any atom is 1.00 e. The molecule has 7 heteroatoms. The Morgan fingerprint density at radius 2 is 2.07 bits per heavy atom. The average Bonchev–Trinajstić information content (AvgIpc) is 1.98. The first kappa shape index (κ1) is 16.5. The van der Waals surface area contributed by atoms with Gasteiger partial charge in [-0.25, -0.2) is 8.42 Å². The fourth-order valence-corrected chi connectivity index (χ4v) is 1.63. The third-order valence-corrected chi connectivity index (χ3v) is 2.33. The minimum absolute atomic E-state index is 0. The number of rotatable bonds is 5. The van der Waals surface area contributed by atoms with Crippen LogP contribution in [0.25, 0.3) is 5.48 Å². The molecule has 0 aromatic rings. The van der Waals surface area contributed by atoms with E-state index in [1.54, 1.807) is 13.8 Å². The van der Waals surface area contributed by atoms with E-state index in [0.29, 0.717) is 0 Å². The Morgan fingerprint density at radius 1 is 1.57 bits per heavy atom.